The molecule has 1 N–H and O–H groups in total. The first-order valence-corrected chi connectivity index (χ1v) is 8.23. The molecule has 0 bridgehead atoms. The Kier molecular flexibility index (Phi) is 11.4. The third-order valence-electron chi connectivity index (χ3n) is 3.51. The van der Waals surface area contributed by atoms with Crippen LogP contribution in [0.15, 0.2) is 0 Å². The van der Waals surface area contributed by atoms with Crippen LogP contribution in [0.25, 0.3) is 0 Å². The summed E-state index contributed by atoms with van der Waals surface area (Å²) in [6.45, 7) is 8.99. The average Bonchev–Trinajstić information content (AvgIpc) is 2.38. The van der Waals surface area contributed by atoms with E-state index in [0.717, 1.165) is 51.5 Å². The van der Waals surface area contributed by atoms with Gasteiger partial charge in [-0.3, -0.25) is 9.59 Å². The maximum absolute atomic E-state index is 11.5. The SMILES string of the molecule is CC(C)CCC(=O)NCCCCCCCC(=O)C(C)C. The van der Waals surface area contributed by atoms with Crippen LogP contribution >= 0.6 is 0 Å². The maximum Gasteiger partial charge on any atom is 0.220 e. The number of unbranched alkanes of at least 4 members (excludes halogenated alkanes) is 4. The number of nitrogens with one attached hydrogen (secondary N) is 1. The van der Waals surface area contributed by atoms with Crippen LogP contribution < -0.4 is 5.32 Å². The average molecular weight is 283 g/mol. The fourth-order valence-corrected chi connectivity index (χ4v) is 1.98. The molecule has 0 aromatic carbocycles. The minimum Gasteiger partial charge on any atom is -0.356 e. The Morgan fingerprint density at radius 2 is 1.45 bits per heavy atom. The van der Waals surface area contributed by atoms with E-state index in [2.05, 4.69) is 19.2 Å². The van der Waals surface area contributed by atoms with Gasteiger partial charge in [0.2, 0.25) is 5.91 Å². The second-order valence-electron chi connectivity index (χ2n) is 6.42. The summed E-state index contributed by atoms with van der Waals surface area (Å²) in [7, 11) is 0. The molecule has 0 aliphatic rings. The van der Waals surface area contributed by atoms with Crippen LogP contribution in [-0.2, 0) is 9.59 Å². The molecule has 0 saturated heterocycles. The largest absolute Gasteiger partial charge is 0.356 e. The molecule has 0 unspecified atom stereocenters. The first kappa shape index (κ1) is 19.1. The minimum absolute atomic E-state index is 0.177. The van der Waals surface area contributed by atoms with Gasteiger partial charge in [-0.2, -0.15) is 0 Å². The summed E-state index contributed by atoms with van der Waals surface area (Å²) in [6.07, 6.45) is 7.82. The number of hydrogen-bond acceptors (Lipinski definition) is 2. The molecule has 0 heterocycles. The maximum atomic E-state index is 11.5. The molecule has 3 heteroatoms. The van der Waals surface area contributed by atoms with E-state index in [1.807, 2.05) is 13.8 Å². The number of Topliss-reactive ketones (excluding diaryl/α,β-unsaturated/α-hetero) is 1. The second-order valence-corrected chi connectivity index (χ2v) is 6.42. The lowest BCUT2D eigenvalue weighted by Gasteiger charge is -2.07. The smallest absolute Gasteiger partial charge is 0.220 e. The van der Waals surface area contributed by atoms with E-state index >= 15 is 0 Å². The molecule has 0 radical (unpaired) electrons. The Bertz CT molecular complexity index is 272. The number of amides is 1. The van der Waals surface area contributed by atoms with E-state index < -0.39 is 0 Å². The molecule has 20 heavy (non-hydrogen) atoms. The Morgan fingerprint density at radius 3 is 2.05 bits per heavy atom. The second kappa shape index (κ2) is 11.9. The molecular weight excluding hydrogens is 250 g/mol. The number of carbonyl (C=O) groups excluding carboxylic acids is 2. The van der Waals surface area contributed by atoms with E-state index in [1.165, 1.54) is 0 Å². The van der Waals surface area contributed by atoms with Crippen molar-refractivity contribution in [1.82, 2.24) is 5.32 Å². The molecule has 0 fully saturated rings. The van der Waals surface area contributed by atoms with Crippen molar-refractivity contribution in [3.05, 3.63) is 0 Å². The standard InChI is InChI=1S/C17H33NO2/c1-14(2)11-12-17(20)18-13-9-7-5-6-8-10-16(19)15(3)4/h14-15H,5-13H2,1-4H3,(H,18,20). The summed E-state index contributed by atoms with van der Waals surface area (Å²) in [5.41, 5.74) is 0. The topological polar surface area (TPSA) is 46.2 Å². The highest BCUT2D eigenvalue weighted by atomic mass is 16.1. The highest BCUT2D eigenvalue weighted by molar-refractivity contribution is 5.80. The Balaban J connectivity index is 3.28. The van der Waals surface area contributed by atoms with Gasteiger partial charge in [0.15, 0.2) is 0 Å². The molecule has 0 aromatic heterocycles. The minimum atomic E-state index is 0.177. The van der Waals surface area contributed by atoms with Crippen molar-refractivity contribution in [3.63, 3.8) is 0 Å². The summed E-state index contributed by atoms with van der Waals surface area (Å²) in [6, 6.07) is 0. The summed E-state index contributed by atoms with van der Waals surface area (Å²) < 4.78 is 0. The summed E-state index contributed by atoms with van der Waals surface area (Å²) in [5, 5.41) is 2.97. The van der Waals surface area contributed by atoms with Gasteiger partial charge < -0.3 is 5.32 Å². The molecule has 0 aliphatic heterocycles. The normalized spacial score (nSPS) is 11.1. The lowest BCUT2D eigenvalue weighted by atomic mass is 10.0. The van der Waals surface area contributed by atoms with Gasteiger partial charge in [-0.25, -0.2) is 0 Å². The van der Waals surface area contributed by atoms with E-state index in [-0.39, 0.29) is 11.8 Å². The number of rotatable bonds is 12. The van der Waals surface area contributed by atoms with E-state index in [1.54, 1.807) is 0 Å². The predicted octanol–water partition coefficient (Wildman–Crippen LogP) is 4.10. The van der Waals surface area contributed by atoms with Crippen LogP contribution in [0, 0.1) is 11.8 Å². The molecule has 0 atom stereocenters. The number of carbonyl (C=O) groups is 2. The van der Waals surface area contributed by atoms with Gasteiger partial charge in [0.1, 0.15) is 5.78 Å². The highest BCUT2D eigenvalue weighted by Gasteiger charge is 2.06. The van der Waals surface area contributed by atoms with Crippen LogP contribution in [0.4, 0.5) is 0 Å². The quantitative estimate of drug-likeness (QED) is 0.548. The van der Waals surface area contributed by atoms with E-state index in [9.17, 15) is 9.59 Å². The zero-order valence-electron chi connectivity index (χ0n) is 13.8. The van der Waals surface area contributed by atoms with Crippen molar-refractivity contribution < 1.29 is 9.59 Å². The molecule has 1 amide bonds. The van der Waals surface area contributed by atoms with Crippen molar-refractivity contribution >= 4 is 11.7 Å². The van der Waals surface area contributed by atoms with Gasteiger partial charge in [-0.15, -0.1) is 0 Å². The molecule has 3 nitrogen and oxygen atoms in total. The predicted molar refractivity (Wildman–Crippen MR) is 84.6 cm³/mol. The summed E-state index contributed by atoms with van der Waals surface area (Å²) in [4.78, 5) is 22.9. The summed E-state index contributed by atoms with van der Waals surface area (Å²) >= 11 is 0. The van der Waals surface area contributed by atoms with Crippen molar-refractivity contribution in [2.45, 2.75) is 79.1 Å². The fraction of sp³-hybridized carbons (Fsp3) is 0.882. The molecule has 0 saturated carbocycles. The van der Waals surface area contributed by atoms with Crippen molar-refractivity contribution in [3.8, 4) is 0 Å². The molecule has 0 aromatic rings. The van der Waals surface area contributed by atoms with Crippen LogP contribution in [-0.4, -0.2) is 18.2 Å². The zero-order chi connectivity index (χ0) is 15.4. The fourth-order valence-electron chi connectivity index (χ4n) is 1.98. The van der Waals surface area contributed by atoms with Crippen LogP contribution in [0.1, 0.15) is 79.1 Å². The lowest BCUT2D eigenvalue weighted by molar-refractivity contribution is -0.122. The Labute approximate surface area is 124 Å². The Morgan fingerprint density at radius 1 is 0.850 bits per heavy atom. The van der Waals surface area contributed by atoms with Gasteiger partial charge in [0, 0.05) is 25.3 Å². The van der Waals surface area contributed by atoms with E-state index in [4.69, 9.17) is 0 Å². The monoisotopic (exact) mass is 283 g/mol. The molecule has 0 aliphatic carbocycles. The zero-order valence-corrected chi connectivity index (χ0v) is 13.8. The third-order valence-corrected chi connectivity index (χ3v) is 3.51. The van der Waals surface area contributed by atoms with Crippen molar-refractivity contribution in [2.75, 3.05) is 6.54 Å². The number of ketones is 1. The van der Waals surface area contributed by atoms with Gasteiger partial charge in [-0.1, -0.05) is 47.0 Å². The van der Waals surface area contributed by atoms with E-state index in [0.29, 0.717) is 18.1 Å². The first-order valence-electron chi connectivity index (χ1n) is 8.23. The first-order chi connectivity index (χ1) is 9.43. The van der Waals surface area contributed by atoms with Crippen LogP contribution in [0.3, 0.4) is 0 Å². The van der Waals surface area contributed by atoms with Crippen LogP contribution in [0.2, 0.25) is 0 Å². The summed E-state index contributed by atoms with van der Waals surface area (Å²) in [5.74, 6) is 1.33. The molecule has 0 spiro atoms. The van der Waals surface area contributed by atoms with Crippen LogP contribution in [0.5, 0.6) is 0 Å². The molecular formula is C17H33NO2. The lowest BCUT2D eigenvalue weighted by Crippen LogP contribution is -2.24. The van der Waals surface area contributed by atoms with Gasteiger partial charge in [0.25, 0.3) is 0 Å². The molecule has 118 valence electrons. The van der Waals surface area contributed by atoms with Gasteiger partial charge >= 0.3 is 0 Å². The number of hydrogen-bond donors (Lipinski definition) is 1. The van der Waals surface area contributed by atoms with Gasteiger partial charge in [-0.05, 0) is 25.2 Å². The Hall–Kier alpha value is -0.860. The van der Waals surface area contributed by atoms with Gasteiger partial charge in [0.05, 0.1) is 0 Å². The van der Waals surface area contributed by atoms with Crippen molar-refractivity contribution in [2.24, 2.45) is 11.8 Å². The molecule has 0 rings (SSSR count). The van der Waals surface area contributed by atoms with Crippen molar-refractivity contribution in [1.29, 1.82) is 0 Å². The highest BCUT2D eigenvalue weighted by Crippen LogP contribution is 2.08. The third kappa shape index (κ3) is 12.2.